The third-order valence-corrected chi connectivity index (χ3v) is 3.63. The van der Waals surface area contributed by atoms with E-state index in [2.05, 4.69) is 43.4 Å². The minimum absolute atomic E-state index is 0.00919. The van der Waals surface area contributed by atoms with Crippen molar-refractivity contribution in [3.8, 4) is 5.75 Å². The van der Waals surface area contributed by atoms with Gasteiger partial charge < -0.3 is 10.1 Å². The Morgan fingerprint density at radius 1 is 1.09 bits per heavy atom. The van der Waals surface area contributed by atoms with Crippen LogP contribution in [0.25, 0.3) is 0 Å². The van der Waals surface area contributed by atoms with Gasteiger partial charge in [0.25, 0.3) is 5.91 Å². The molecule has 0 aliphatic heterocycles. The minimum atomic E-state index is -0.526. The van der Waals surface area contributed by atoms with E-state index in [0.717, 1.165) is 12.0 Å². The predicted octanol–water partition coefficient (Wildman–Crippen LogP) is 4.03. The maximum Gasteiger partial charge on any atom is 0.261 e. The summed E-state index contributed by atoms with van der Waals surface area (Å²) in [7, 11) is 0. The Balaban J connectivity index is 1.98. The zero-order valence-corrected chi connectivity index (χ0v) is 13.4. The molecule has 0 saturated heterocycles. The lowest BCUT2D eigenvalue weighted by atomic mass is 10.0. The lowest BCUT2D eigenvalue weighted by molar-refractivity contribution is -0.128. The Morgan fingerprint density at radius 2 is 1.73 bits per heavy atom. The van der Waals surface area contributed by atoms with Crippen LogP contribution in [-0.4, -0.2) is 12.0 Å². The van der Waals surface area contributed by atoms with Gasteiger partial charge in [-0.2, -0.15) is 0 Å². The third-order valence-electron chi connectivity index (χ3n) is 3.63. The summed E-state index contributed by atoms with van der Waals surface area (Å²) < 4.78 is 5.66. The van der Waals surface area contributed by atoms with Crippen LogP contribution in [0.2, 0.25) is 0 Å². The monoisotopic (exact) mass is 297 g/mol. The summed E-state index contributed by atoms with van der Waals surface area (Å²) in [6.07, 6.45) is 0.314. The molecule has 2 atom stereocenters. The molecule has 1 amide bonds. The Kier molecular flexibility index (Phi) is 5.59. The molecule has 0 aliphatic rings. The minimum Gasteiger partial charge on any atom is -0.481 e. The van der Waals surface area contributed by atoms with Gasteiger partial charge in [0.15, 0.2) is 6.10 Å². The standard InChI is InChI=1S/C19H23NO2/c1-4-18(16-12-10-14(2)11-13-16)20-19(21)15(3)22-17-8-6-5-7-9-17/h5-13,15,18H,4H2,1-3H3,(H,20,21). The molecule has 0 bridgehead atoms. The number of carbonyl (C=O) groups excluding carboxylic acids is 1. The number of nitrogens with one attached hydrogen (secondary N) is 1. The van der Waals surface area contributed by atoms with E-state index in [1.54, 1.807) is 6.92 Å². The smallest absolute Gasteiger partial charge is 0.261 e. The molecule has 3 nitrogen and oxygen atoms in total. The molecule has 22 heavy (non-hydrogen) atoms. The van der Waals surface area contributed by atoms with Crippen molar-refractivity contribution in [2.24, 2.45) is 0 Å². The second-order valence-electron chi connectivity index (χ2n) is 5.45. The molecular formula is C19H23NO2. The van der Waals surface area contributed by atoms with E-state index >= 15 is 0 Å². The van der Waals surface area contributed by atoms with E-state index in [9.17, 15) is 4.79 Å². The first-order valence-electron chi connectivity index (χ1n) is 7.68. The van der Waals surface area contributed by atoms with Gasteiger partial charge in [0.05, 0.1) is 6.04 Å². The number of carbonyl (C=O) groups is 1. The molecule has 0 aliphatic carbocycles. The molecule has 0 fully saturated rings. The van der Waals surface area contributed by atoms with Crippen LogP contribution in [0.3, 0.4) is 0 Å². The van der Waals surface area contributed by atoms with E-state index in [-0.39, 0.29) is 11.9 Å². The van der Waals surface area contributed by atoms with Crippen molar-refractivity contribution in [3.63, 3.8) is 0 Å². The topological polar surface area (TPSA) is 38.3 Å². The van der Waals surface area contributed by atoms with Gasteiger partial charge in [-0.3, -0.25) is 4.79 Å². The van der Waals surface area contributed by atoms with Crippen molar-refractivity contribution in [1.82, 2.24) is 5.32 Å². The molecule has 116 valence electrons. The molecule has 0 heterocycles. The van der Waals surface area contributed by atoms with Crippen molar-refractivity contribution in [1.29, 1.82) is 0 Å². The van der Waals surface area contributed by atoms with Crippen LogP contribution in [-0.2, 0) is 4.79 Å². The molecule has 2 rings (SSSR count). The molecule has 1 N–H and O–H groups in total. The van der Waals surface area contributed by atoms with E-state index in [1.807, 2.05) is 30.3 Å². The Morgan fingerprint density at radius 3 is 2.32 bits per heavy atom. The summed E-state index contributed by atoms with van der Waals surface area (Å²) in [5.41, 5.74) is 2.33. The van der Waals surface area contributed by atoms with E-state index in [4.69, 9.17) is 4.74 Å². The number of amides is 1. The zero-order chi connectivity index (χ0) is 15.9. The van der Waals surface area contributed by atoms with Crippen molar-refractivity contribution < 1.29 is 9.53 Å². The fourth-order valence-corrected chi connectivity index (χ4v) is 2.27. The summed E-state index contributed by atoms with van der Waals surface area (Å²) >= 11 is 0. The van der Waals surface area contributed by atoms with Gasteiger partial charge in [-0.1, -0.05) is 55.0 Å². The maximum atomic E-state index is 12.3. The van der Waals surface area contributed by atoms with Crippen LogP contribution < -0.4 is 10.1 Å². The SMILES string of the molecule is CCC(NC(=O)C(C)Oc1ccccc1)c1ccc(C)cc1. The highest BCUT2D eigenvalue weighted by atomic mass is 16.5. The second kappa shape index (κ2) is 7.64. The highest BCUT2D eigenvalue weighted by Crippen LogP contribution is 2.18. The Labute approximate surface area is 132 Å². The summed E-state index contributed by atoms with van der Waals surface area (Å²) in [4.78, 5) is 12.3. The van der Waals surface area contributed by atoms with Crippen LogP contribution >= 0.6 is 0 Å². The highest BCUT2D eigenvalue weighted by molar-refractivity contribution is 5.81. The molecule has 0 spiro atoms. The van der Waals surface area contributed by atoms with Crippen LogP contribution in [0.1, 0.15) is 37.4 Å². The van der Waals surface area contributed by atoms with Gasteiger partial charge in [-0.15, -0.1) is 0 Å². The van der Waals surface area contributed by atoms with Crippen LogP contribution in [0.5, 0.6) is 5.75 Å². The average Bonchev–Trinajstić information content (AvgIpc) is 2.54. The predicted molar refractivity (Wildman–Crippen MR) is 88.9 cm³/mol. The molecule has 3 heteroatoms. The van der Waals surface area contributed by atoms with Gasteiger partial charge in [0, 0.05) is 0 Å². The number of aryl methyl sites for hydroxylation is 1. The molecule has 0 aromatic heterocycles. The van der Waals surface area contributed by atoms with Crippen molar-refractivity contribution in [2.75, 3.05) is 0 Å². The molecule has 0 saturated carbocycles. The largest absolute Gasteiger partial charge is 0.481 e. The Hall–Kier alpha value is -2.29. The van der Waals surface area contributed by atoms with Crippen molar-refractivity contribution in [3.05, 3.63) is 65.7 Å². The maximum absolute atomic E-state index is 12.3. The summed E-state index contributed by atoms with van der Waals surface area (Å²) in [5.74, 6) is 0.602. The Bertz CT molecular complexity index is 593. The average molecular weight is 297 g/mol. The van der Waals surface area contributed by atoms with Gasteiger partial charge in [0.1, 0.15) is 5.75 Å². The fourth-order valence-electron chi connectivity index (χ4n) is 2.27. The summed E-state index contributed by atoms with van der Waals surface area (Å²) in [6, 6.07) is 17.7. The molecule has 2 unspecified atom stereocenters. The van der Waals surface area contributed by atoms with Crippen LogP contribution in [0.15, 0.2) is 54.6 Å². The molecule has 0 radical (unpaired) electrons. The van der Waals surface area contributed by atoms with E-state index in [1.165, 1.54) is 5.56 Å². The van der Waals surface area contributed by atoms with Crippen molar-refractivity contribution in [2.45, 2.75) is 39.3 Å². The number of hydrogen-bond acceptors (Lipinski definition) is 2. The lowest BCUT2D eigenvalue weighted by Crippen LogP contribution is -2.38. The van der Waals surface area contributed by atoms with E-state index in [0.29, 0.717) is 5.75 Å². The van der Waals surface area contributed by atoms with E-state index < -0.39 is 6.10 Å². The number of rotatable bonds is 6. The van der Waals surface area contributed by atoms with Gasteiger partial charge in [0.2, 0.25) is 0 Å². The summed E-state index contributed by atoms with van der Waals surface area (Å²) in [6.45, 7) is 5.89. The molecule has 2 aromatic rings. The normalized spacial score (nSPS) is 13.2. The number of benzene rings is 2. The first-order valence-corrected chi connectivity index (χ1v) is 7.68. The fraction of sp³-hybridized carbons (Fsp3) is 0.316. The number of hydrogen-bond donors (Lipinski definition) is 1. The van der Waals surface area contributed by atoms with Gasteiger partial charge in [-0.05, 0) is 38.0 Å². The summed E-state index contributed by atoms with van der Waals surface area (Å²) in [5, 5.41) is 3.06. The third kappa shape index (κ3) is 4.35. The highest BCUT2D eigenvalue weighted by Gasteiger charge is 2.19. The first kappa shape index (κ1) is 16.1. The van der Waals surface area contributed by atoms with Crippen LogP contribution in [0.4, 0.5) is 0 Å². The first-order chi connectivity index (χ1) is 10.6. The zero-order valence-electron chi connectivity index (χ0n) is 13.4. The van der Waals surface area contributed by atoms with Crippen molar-refractivity contribution >= 4 is 5.91 Å². The molecular weight excluding hydrogens is 274 g/mol. The quantitative estimate of drug-likeness (QED) is 0.874. The number of ether oxygens (including phenoxy) is 1. The second-order valence-corrected chi connectivity index (χ2v) is 5.45. The van der Waals surface area contributed by atoms with Gasteiger partial charge in [-0.25, -0.2) is 0 Å². The number of para-hydroxylation sites is 1. The van der Waals surface area contributed by atoms with Gasteiger partial charge >= 0.3 is 0 Å². The van der Waals surface area contributed by atoms with Crippen LogP contribution in [0, 0.1) is 6.92 Å². The molecule has 2 aromatic carbocycles. The lowest BCUT2D eigenvalue weighted by Gasteiger charge is -2.21.